The number of rotatable bonds is 4. The largest absolute Gasteiger partial charge is 0.309 e. The van der Waals surface area contributed by atoms with Crippen molar-refractivity contribution < 1.29 is 0 Å². The van der Waals surface area contributed by atoms with E-state index in [-0.39, 0.29) is 16.2 Å². The lowest BCUT2D eigenvalue weighted by atomic mass is 9.63. The van der Waals surface area contributed by atoms with Gasteiger partial charge in [0.1, 0.15) is 0 Å². The highest BCUT2D eigenvalue weighted by Gasteiger charge is 2.39. The third kappa shape index (κ3) is 5.42. The van der Waals surface area contributed by atoms with E-state index in [4.69, 9.17) is 15.0 Å². The van der Waals surface area contributed by atoms with Crippen LogP contribution < -0.4 is 0 Å². The molecular formula is C60H49N5. The van der Waals surface area contributed by atoms with Crippen LogP contribution in [0.2, 0.25) is 0 Å². The molecule has 0 bridgehead atoms. The Morgan fingerprint density at radius 2 is 0.985 bits per heavy atom. The van der Waals surface area contributed by atoms with Crippen molar-refractivity contribution in [3.05, 3.63) is 186 Å². The lowest BCUT2D eigenvalue weighted by molar-refractivity contribution is 0.332. The summed E-state index contributed by atoms with van der Waals surface area (Å²) in [6, 6.07) is 59.9. The molecule has 8 aromatic carbocycles. The van der Waals surface area contributed by atoms with Crippen molar-refractivity contribution in [2.24, 2.45) is 0 Å². The maximum absolute atomic E-state index is 5.55. The molecule has 0 saturated heterocycles. The Bertz CT molecular complexity index is 3790. The Labute approximate surface area is 379 Å². The highest BCUT2D eigenvalue weighted by atomic mass is 15.2. The fraction of sp³-hybridized carbons (Fsp3) is 0.183. The second kappa shape index (κ2) is 13.3. The summed E-state index contributed by atoms with van der Waals surface area (Å²) in [5.74, 6) is 1.92. The van der Waals surface area contributed by atoms with Crippen LogP contribution in [0.5, 0.6) is 0 Å². The van der Waals surface area contributed by atoms with E-state index in [9.17, 15) is 0 Å². The van der Waals surface area contributed by atoms with Crippen LogP contribution in [-0.4, -0.2) is 24.1 Å². The molecule has 0 unspecified atom stereocenters. The second-order valence-electron chi connectivity index (χ2n) is 20.3. The summed E-state index contributed by atoms with van der Waals surface area (Å²) >= 11 is 0. The summed E-state index contributed by atoms with van der Waals surface area (Å²) in [6.07, 6.45) is 2.25. The summed E-state index contributed by atoms with van der Waals surface area (Å²) < 4.78 is 4.80. The molecular weight excluding hydrogens is 791 g/mol. The van der Waals surface area contributed by atoms with Crippen molar-refractivity contribution in [1.82, 2.24) is 24.1 Å². The van der Waals surface area contributed by atoms with E-state index in [1.807, 2.05) is 6.07 Å². The van der Waals surface area contributed by atoms with Crippen molar-refractivity contribution in [3.63, 3.8) is 0 Å². The van der Waals surface area contributed by atoms with Gasteiger partial charge in [-0.2, -0.15) is 9.97 Å². The molecule has 5 heteroatoms. The summed E-state index contributed by atoms with van der Waals surface area (Å²) in [5, 5.41) is 7.40. The Kier molecular flexibility index (Phi) is 7.82. The molecule has 5 nitrogen and oxygen atoms in total. The van der Waals surface area contributed by atoms with Gasteiger partial charge in [-0.05, 0) is 116 Å². The predicted octanol–water partition coefficient (Wildman–Crippen LogP) is 15.2. The molecule has 2 aliphatic carbocycles. The number of nitrogens with zero attached hydrogens (tertiary/aromatic N) is 5. The summed E-state index contributed by atoms with van der Waals surface area (Å²) in [7, 11) is 0. The van der Waals surface area contributed by atoms with E-state index < -0.39 is 0 Å². The van der Waals surface area contributed by atoms with E-state index in [1.54, 1.807) is 0 Å². The van der Waals surface area contributed by atoms with Crippen molar-refractivity contribution >= 4 is 54.4 Å². The molecule has 3 heterocycles. The molecule has 0 aliphatic heterocycles. The van der Waals surface area contributed by atoms with Gasteiger partial charge in [0.25, 0.3) is 0 Å². The van der Waals surface area contributed by atoms with Gasteiger partial charge in [0.15, 0.2) is 11.6 Å². The van der Waals surface area contributed by atoms with Crippen molar-refractivity contribution in [2.75, 3.05) is 0 Å². The molecule has 3 aromatic heterocycles. The molecule has 65 heavy (non-hydrogen) atoms. The fourth-order valence-electron chi connectivity index (χ4n) is 11.7. The minimum Gasteiger partial charge on any atom is -0.309 e. The average molecular weight is 840 g/mol. The van der Waals surface area contributed by atoms with Gasteiger partial charge >= 0.3 is 0 Å². The SMILES string of the molecule is CC1(C)CCC(C)(C)c2cc3c(cc21)c1c2c4c5ccccc5ccc4n(-c4ccccc4)c2ccc1n3-c1nc(-c2ccccc2)nc(-c2ccc3c(c2)C(C)(C)c2ccccc2-3)n1. The third-order valence-corrected chi connectivity index (χ3v) is 15.2. The van der Waals surface area contributed by atoms with Gasteiger partial charge in [-0.3, -0.25) is 4.57 Å². The first kappa shape index (κ1) is 38.1. The highest BCUT2D eigenvalue weighted by Crippen LogP contribution is 2.52. The van der Waals surface area contributed by atoms with Crippen LogP contribution in [0.1, 0.15) is 76.6 Å². The van der Waals surface area contributed by atoms with Crippen molar-refractivity contribution in [2.45, 2.75) is 70.6 Å². The molecule has 11 aromatic rings. The molecule has 0 N–H and O–H groups in total. The number of hydrogen-bond donors (Lipinski definition) is 0. The van der Waals surface area contributed by atoms with Gasteiger partial charge in [0.2, 0.25) is 5.95 Å². The third-order valence-electron chi connectivity index (χ3n) is 15.2. The molecule has 0 radical (unpaired) electrons. The first-order valence-electron chi connectivity index (χ1n) is 23.1. The number of para-hydroxylation sites is 1. The number of hydrogen-bond acceptors (Lipinski definition) is 3. The standard InChI is InChI=1S/C60H49N5/c1-58(2)31-32-59(3,4)47-35-51-43(34-46(47)58)53-49(29-30-50-54(53)52-40-22-14-13-17-36(40)26-28-48(52)64(50)39-20-11-8-12-21-39)65(51)57-62-55(37-18-9-7-10-19-37)61-56(63-57)38-25-27-42-41-23-15-16-24-44(41)60(5,6)45(42)33-38/h7-30,33-35H,31-32H2,1-6H3. The number of benzene rings is 8. The van der Waals surface area contributed by atoms with Crippen LogP contribution in [-0.2, 0) is 16.2 Å². The maximum Gasteiger partial charge on any atom is 0.238 e. The monoisotopic (exact) mass is 839 g/mol. The van der Waals surface area contributed by atoms with E-state index in [0.717, 1.165) is 40.7 Å². The second-order valence-corrected chi connectivity index (χ2v) is 20.3. The lowest BCUT2D eigenvalue weighted by Gasteiger charge is -2.42. The Morgan fingerprint density at radius 1 is 0.400 bits per heavy atom. The van der Waals surface area contributed by atoms with E-state index in [2.05, 4.69) is 208 Å². The number of aromatic nitrogens is 5. The highest BCUT2D eigenvalue weighted by molar-refractivity contribution is 6.33. The van der Waals surface area contributed by atoms with Crippen LogP contribution in [0.15, 0.2) is 164 Å². The molecule has 0 amide bonds. The number of fused-ring (bicyclic) bond motifs is 13. The van der Waals surface area contributed by atoms with Crippen LogP contribution in [0, 0.1) is 0 Å². The van der Waals surface area contributed by atoms with Crippen LogP contribution in [0.3, 0.4) is 0 Å². The van der Waals surface area contributed by atoms with Gasteiger partial charge in [0, 0.05) is 43.8 Å². The molecule has 0 fully saturated rings. The van der Waals surface area contributed by atoms with Gasteiger partial charge < -0.3 is 4.57 Å². The molecule has 314 valence electrons. The quantitative estimate of drug-likeness (QED) is 0.177. The van der Waals surface area contributed by atoms with Crippen LogP contribution >= 0.6 is 0 Å². The Balaban J connectivity index is 1.18. The molecule has 0 saturated carbocycles. The lowest BCUT2D eigenvalue weighted by Crippen LogP contribution is -2.33. The molecule has 0 spiro atoms. The topological polar surface area (TPSA) is 48.5 Å². The zero-order valence-electron chi connectivity index (χ0n) is 37.7. The fourth-order valence-corrected chi connectivity index (χ4v) is 11.7. The van der Waals surface area contributed by atoms with Crippen molar-refractivity contribution in [3.8, 4) is 45.5 Å². The van der Waals surface area contributed by atoms with E-state index >= 15 is 0 Å². The van der Waals surface area contributed by atoms with Crippen LogP contribution in [0.25, 0.3) is 99.9 Å². The van der Waals surface area contributed by atoms with Gasteiger partial charge in [-0.1, -0.05) is 157 Å². The van der Waals surface area contributed by atoms with E-state index in [0.29, 0.717) is 17.6 Å². The summed E-state index contributed by atoms with van der Waals surface area (Å²) in [5.41, 5.74) is 15.5. The maximum atomic E-state index is 5.55. The van der Waals surface area contributed by atoms with Gasteiger partial charge in [-0.15, -0.1) is 0 Å². The van der Waals surface area contributed by atoms with Crippen molar-refractivity contribution in [1.29, 1.82) is 0 Å². The minimum atomic E-state index is -0.166. The summed E-state index contributed by atoms with van der Waals surface area (Å²) in [4.78, 5) is 16.3. The summed E-state index contributed by atoms with van der Waals surface area (Å²) in [6.45, 7) is 14.3. The Morgan fingerprint density at radius 3 is 1.75 bits per heavy atom. The van der Waals surface area contributed by atoms with Gasteiger partial charge in [-0.25, -0.2) is 4.98 Å². The first-order valence-corrected chi connectivity index (χ1v) is 23.1. The average Bonchev–Trinajstić information content (AvgIpc) is 3.93. The molecule has 0 atom stereocenters. The zero-order valence-corrected chi connectivity index (χ0v) is 37.7. The molecule has 2 aliphatic rings. The minimum absolute atomic E-state index is 0.00785. The van der Waals surface area contributed by atoms with Crippen LogP contribution in [0.4, 0.5) is 0 Å². The van der Waals surface area contributed by atoms with E-state index in [1.165, 1.54) is 76.7 Å². The first-order chi connectivity index (χ1) is 31.5. The Hall–Kier alpha value is -7.37. The zero-order chi connectivity index (χ0) is 44.0. The molecule has 13 rings (SSSR count). The smallest absolute Gasteiger partial charge is 0.238 e. The van der Waals surface area contributed by atoms with Gasteiger partial charge in [0.05, 0.1) is 22.1 Å². The normalized spacial score (nSPS) is 15.8. The predicted molar refractivity (Wildman–Crippen MR) is 270 cm³/mol.